The van der Waals surface area contributed by atoms with E-state index in [-0.39, 0.29) is 39.2 Å². The second-order valence-corrected chi connectivity index (χ2v) is 15.8. The second kappa shape index (κ2) is 9.43. The van der Waals surface area contributed by atoms with Crippen LogP contribution in [-0.2, 0) is 14.3 Å². The topological polar surface area (TPSA) is 83.9 Å². The minimum Gasteiger partial charge on any atom is -0.481 e. The van der Waals surface area contributed by atoms with Crippen LogP contribution in [0.25, 0.3) is 0 Å². The number of nitrogens with zero attached hydrogens (tertiary/aromatic N) is 1. The molecule has 1 N–H and O–H groups in total. The van der Waals surface area contributed by atoms with E-state index in [4.69, 9.17) is 4.74 Å². The Morgan fingerprint density at radius 1 is 0.976 bits per heavy atom. The number of hydrogen-bond donors (Lipinski definition) is 1. The van der Waals surface area contributed by atoms with E-state index in [1.165, 1.54) is 5.57 Å². The molecule has 6 rings (SSSR count). The molecule has 0 aromatic carbocycles. The minimum atomic E-state index is -0.680. The average Bonchev–Trinajstić information content (AvgIpc) is 2.94. The lowest BCUT2D eigenvalue weighted by molar-refractivity contribution is -0.178. The monoisotopic (exact) mass is 575 g/mol. The first-order valence-electron chi connectivity index (χ1n) is 16.2. The number of piperidine rings is 1. The summed E-state index contributed by atoms with van der Waals surface area (Å²) in [6.07, 6.45) is 15.3. The molecule has 0 radical (unpaired) electrons. The molecule has 0 aromatic heterocycles. The number of amides is 1. The highest BCUT2D eigenvalue weighted by molar-refractivity contribution is 6.08. The van der Waals surface area contributed by atoms with Gasteiger partial charge >= 0.3 is 12.1 Å². The molecule has 6 heteroatoms. The molecule has 1 saturated heterocycles. The van der Waals surface area contributed by atoms with Gasteiger partial charge in [0, 0.05) is 23.6 Å². The fraction of sp³-hybridized carbons (Fsp3) is 0.694. The Morgan fingerprint density at radius 3 is 2.38 bits per heavy atom. The first-order valence-corrected chi connectivity index (χ1v) is 16.2. The quantitative estimate of drug-likeness (QED) is 0.359. The van der Waals surface area contributed by atoms with E-state index in [1.807, 2.05) is 20.8 Å². The molecule has 4 fully saturated rings. The smallest absolute Gasteiger partial charge is 0.415 e. The summed E-state index contributed by atoms with van der Waals surface area (Å²) in [6.45, 7) is 16.1. The zero-order valence-corrected chi connectivity index (χ0v) is 26.7. The predicted molar refractivity (Wildman–Crippen MR) is 162 cm³/mol. The molecule has 1 aliphatic heterocycles. The number of carboxylic acid groups (broad SMARTS) is 1. The van der Waals surface area contributed by atoms with Crippen molar-refractivity contribution in [3.05, 3.63) is 46.3 Å². The van der Waals surface area contributed by atoms with E-state index in [9.17, 15) is 19.5 Å². The van der Waals surface area contributed by atoms with Crippen molar-refractivity contribution in [2.45, 2.75) is 119 Å². The fourth-order valence-corrected chi connectivity index (χ4v) is 10.3. The molecule has 42 heavy (non-hydrogen) atoms. The maximum atomic E-state index is 13.6. The maximum absolute atomic E-state index is 13.6. The molecule has 5 aliphatic carbocycles. The number of allylic oxidation sites excluding steroid dienone is 7. The van der Waals surface area contributed by atoms with Gasteiger partial charge in [-0.15, -0.1) is 0 Å². The Hall–Kier alpha value is -2.63. The van der Waals surface area contributed by atoms with Gasteiger partial charge in [0.1, 0.15) is 0 Å². The Morgan fingerprint density at radius 2 is 1.69 bits per heavy atom. The molecular formula is C36H49NO5. The Balaban J connectivity index is 1.37. The van der Waals surface area contributed by atoms with E-state index in [2.05, 4.69) is 39.8 Å². The fourth-order valence-electron chi connectivity index (χ4n) is 10.3. The van der Waals surface area contributed by atoms with Crippen LogP contribution in [0.2, 0.25) is 0 Å². The molecule has 1 unspecified atom stereocenters. The van der Waals surface area contributed by atoms with Crippen LogP contribution in [-0.4, -0.2) is 40.4 Å². The molecule has 1 amide bonds. The molecule has 6 nitrogen and oxygen atoms in total. The minimum absolute atomic E-state index is 0.0379. The highest BCUT2D eigenvalue weighted by atomic mass is 16.6. The summed E-state index contributed by atoms with van der Waals surface area (Å²) in [5.74, 6) is -0.408. The number of ketones is 1. The zero-order chi connectivity index (χ0) is 30.5. The van der Waals surface area contributed by atoms with Crippen LogP contribution < -0.4 is 0 Å². The van der Waals surface area contributed by atoms with E-state index >= 15 is 0 Å². The van der Waals surface area contributed by atoms with Gasteiger partial charge in [-0.05, 0) is 124 Å². The summed E-state index contributed by atoms with van der Waals surface area (Å²) >= 11 is 0. The van der Waals surface area contributed by atoms with Crippen molar-refractivity contribution in [3.63, 3.8) is 0 Å². The van der Waals surface area contributed by atoms with Crippen molar-refractivity contribution in [2.24, 2.45) is 33.0 Å². The van der Waals surface area contributed by atoms with Gasteiger partial charge in [-0.3, -0.25) is 9.59 Å². The first-order chi connectivity index (χ1) is 19.6. The molecule has 7 atom stereocenters. The Bertz CT molecular complexity index is 1380. The molecule has 228 valence electrons. The van der Waals surface area contributed by atoms with Gasteiger partial charge in [0.05, 0.1) is 5.41 Å². The second-order valence-electron chi connectivity index (χ2n) is 15.8. The van der Waals surface area contributed by atoms with Crippen molar-refractivity contribution in [2.75, 3.05) is 6.54 Å². The lowest BCUT2D eigenvalue weighted by Gasteiger charge is -2.70. The number of ether oxygens (including phenoxy) is 1. The number of carbonyl (C=O) groups is 3. The van der Waals surface area contributed by atoms with Crippen LogP contribution in [0.1, 0.15) is 113 Å². The van der Waals surface area contributed by atoms with Crippen LogP contribution in [0.5, 0.6) is 0 Å². The number of carboxylic acids is 1. The molecule has 0 bridgehead atoms. The van der Waals surface area contributed by atoms with Crippen LogP contribution >= 0.6 is 0 Å². The van der Waals surface area contributed by atoms with E-state index in [1.54, 1.807) is 11.0 Å². The highest BCUT2D eigenvalue weighted by Gasteiger charge is 2.67. The molecular weight excluding hydrogens is 526 g/mol. The van der Waals surface area contributed by atoms with Gasteiger partial charge in [0.25, 0.3) is 0 Å². The van der Waals surface area contributed by atoms with E-state index in [0.717, 1.165) is 80.9 Å². The van der Waals surface area contributed by atoms with Gasteiger partial charge in [0.2, 0.25) is 5.78 Å². The van der Waals surface area contributed by atoms with Gasteiger partial charge in [-0.25, -0.2) is 4.79 Å². The third-order valence-electron chi connectivity index (χ3n) is 13.6. The van der Waals surface area contributed by atoms with Crippen molar-refractivity contribution in [3.8, 4) is 0 Å². The van der Waals surface area contributed by atoms with Crippen molar-refractivity contribution in [1.29, 1.82) is 0 Å². The van der Waals surface area contributed by atoms with E-state index in [0.29, 0.717) is 12.5 Å². The predicted octanol–water partition coefficient (Wildman–Crippen LogP) is 8.15. The molecule has 0 spiro atoms. The first kappa shape index (κ1) is 29.4. The number of aliphatic carboxylic acids is 1. The average molecular weight is 576 g/mol. The summed E-state index contributed by atoms with van der Waals surface area (Å²) in [5, 5.41) is 10.2. The number of carbonyl (C=O) groups excluding carboxylic acids is 2. The van der Waals surface area contributed by atoms with Crippen molar-refractivity contribution < 1.29 is 24.2 Å². The van der Waals surface area contributed by atoms with Gasteiger partial charge in [-0.1, -0.05) is 45.4 Å². The number of likely N-dealkylation sites (tertiary alicyclic amines) is 1. The van der Waals surface area contributed by atoms with Gasteiger partial charge in [0.15, 0.2) is 5.76 Å². The summed E-state index contributed by atoms with van der Waals surface area (Å²) < 4.78 is 5.84. The molecule has 1 heterocycles. The summed E-state index contributed by atoms with van der Waals surface area (Å²) in [6, 6.07) is 0.113. The third-order valence-corrected chi connectivity index (χ3v) is 13.6. The SMILES string of the molecule is CC1=C(OC(=O)N2CCCCC2C)C(=O)C=C2C1=CC=C1[C@@]2(C)CC[C@@]2(C)[C@@H]3C[C@](C)(C(=O)O)CC[C@]3(C)CC[C@]12C. The molecule has 6 aliphatic rings. The van der Waals surface area contributed by atoms with Crippen molar-refractivity contribution >= 4 is 17.8 Å². The number of rotatable bonds is 2. The largest absolute Gasteiger partial charge is 0.481 e. The Labute approximate surface area is 251 Å². The Kier molecular flexibility index (Phi) is 6.61. The molecule has 0 aromatic rings. The summed E-state index contributed by atoms with van der Waals surface area (Å²) in [5.41, 5.74) is 3.19. The standard InChI is InChI=1S/C36H49NO5/c1-22-10-8-9-19-37(22)31(41)42-29-23(2)24-11-12-27-34(5,25(24)20-26(29)38)16-18-36(7)28-21-33(4,30(39)40)14-13-32(28,3)15-17-35(27,36)6/h11-12,20,22,28H,8-10,13-19,21H2,1-7H3,(H,39,40)/t22?,28-,32-,33-,34+,35-,36+/m1/s1. The number of hydrogen-bond acceptors (Lipinski definition) is 4. The van der Waals surface area contributed by atoms with Gasteiger partial charge < -0.3 is 14.7 Å². The van der Waals surface area contributed by atoms with Crippen molar-refractivity contribution in [1.82, 2.24) is 4.90 Å². The van der Waals surface area contributed by atoms with E-state index < -0.39 is 17.5 Å². The van der Waals surface area contributed by atoms with Crippen LogP contribution in [0, 0.1) is 33.0 Å². The normalized spacial score (nSPS) is 43.2. The van der Waals surface area contributed by atoms with Crippen LogP contribution in [0.4, 0.5) is 4.79 Å². The van der Waals surface area contributed by atoms with Crippen LogP contribution in [0.3, 0.4) is 0 Å². The lowest BCUT2D eigenvalue weighted by Crippen LogP contribution is -2.62. The lowest BCUT2D eigenvalue weighted by atomic mass is 9.34. The summed E-state index contributed by atoms with van der Waals surface area (Å²) in [7, 11) is 0. The zero-order valence-electron chi connectivity index (χ0n) is 26.7. The maximum Gasteiger partial charge on any atom is 0.415 e. The van der Waals surface area contributed by atoms with Gasteiger partial charge in [-0.2, -0.15) is 0 Å². The molecule has 3 saturated carbocycles. The van der Waals surface area contributed by atoms with Crippen LogP contribution in [0.15, 0.2) is 46.3 Å². The third kappa shape index (κ3) is 3.91. The highest BCUT2D eigenvalue weighted by Crippen LogP contribution is 2.75. The number of fused-ring (bicyclic) bond motifs is 7. The summed E-state index contributed by atoms with van der Waals surface area (Å²) in [4.78, 5) is 40.9.